The standard InChI is InChI=1S/C20H10O6/c21-9-1-3-11-13-7-14-12-4-2-10(22)6-18(12)26-20(24)16(14)8-15(13)19(23)25-17(11)5-9/h1-8,21,23H. The second-order valence-corrected chi connectivity index (χ2v) is 6.08. The second kappa shape index (κ2) is 4.86. The lowest BCUT2D eigenvalue weighted by Gasteiger charge is -2.08. The molecular formula is C20H10O6. The van der Waals surface area contributed by atoms with E-state index in [0.717, 1.165) is 0 Å². The number of fused-ring (bicyclic) bond motifs is 6. The van der Waals surface area contributed by atoms with Crippen molar-refractivity contribution in [2.24, 2.45) is 0 Å². The smallest absolute Gasteiger partial charge is 0.344 e. The summed E-state index contributed by atoms with van der Waals surface area (Å²) < 4.78 is 10.6. The van der Waals surface area contributed by atoms with Gasteiger partial charge in [-0.1, -0.05) is 0 Å². The zero-order valence-electron chi connectivity index (χ0n) is 13.1. The van der Waals surface area contributed by atoms with Crippen molar-refractivity contribution in [1.82, 2.24) is 0 Å². The van der Waals surface area contributed by atoms with Crippen molar-refractivity contribution in [2.75, 3.05) is 0 Å². The predicted molar refractivity (Wildman–Crippen MR) is 96.9 cm³/mol. The average molecular weight is 346 g/mol. The largest absolute Gasteiger partial charge is 0.508 e. The minimum absolute atomic E-state index is 0.00913. The van der Waals surface area contributed by atoms with Crippen LogP contribution in [0.1, 0.15) is 0 Å². The van der Waals surface area contributed by atoms with Gasteiger partial charge < -0.3 is 19.0 Å². The molecule has 3 aromatic carbocycles. The van der Waals surface area contributed by atoms with E-state index < -0.39 is 5.63 Å². The zero-order valence-corrected chi connectivity index (χ0v) is 13.1. The molecule has 6 heteroatoms. The number of hydrogen-bond acceptors (Lipinski definition) is 6. The van der Waals surface area contributed by atoms with Crippen molar-refractivity contribution in [3.63, 3.8) is 0 Å². The van der Waals surface area contributed by atoms with Crippen LogP contribution in [0.15, 0.2) is 67.0 Å². The second-order valence-electron chi connectivity index (χ2n) is 6.08. The van der Waals surface area contributed by atoms with Gasteiger partial charge in [0.1, 0.15) is 16.9 Å². The van der Waals surface area contributed by atoms with Crippen LogP contribution in [0.4, 0.5) is 0 Å². The van der Waals surface area contributed by atoms with Gasteiger partial charge >= 0.3 is 5.63 Å². The highest BCUT2D eigenvalue weighted by Crippen LogP contribution is 2.37. The van der Waals surface area contributed by atoms with E-state index in [1.165, 1.54) is 30.3 Å². The van der Waals surface area contributed by atoms with Crippen molar-refractivity contribution in [2.45, 2.75) is 0 Å². The Morgan fingerprint density at radius 1 is 0.615 bits per heavy atom. The molecule has 26 heavy (non-hydrogen) atoms. The molecular weight excluding hydrogens is 336 g/mol. The van der Waals surface area contributed by atoms with Crippen LogP contribution in [0.2, 0.25) is 0 Å². The summed E-state index contributed by atoms with van der Waals surface area (Å²) in [5.74, 6) is -0.357. The molecule has 0 spiro atoms. The van der Waals surface area contributed by atoms with Gasteiger partial charge in [-0.05, 0) is 36.4 Å². The molecule has 0 saturated carbocycles. The quantitative estimate of drug-likeness (QED) is 0.252. The number of rotatable bonds is 0. The third-order valence-electron chi connectivity index (χ3n) is 4.52. The Balaban J connectivity index is 2.08. The van der Waals surface area contributed by atoms with Crippen LogP contribution in [-0.2, 0) is 0 Å². The van der Waals surface area contributed by atoms with Crippen molar-refractivity contribution in [1.29, 1.82) is 0 Å². The third kappa shape index (κ3) is 1.92. The minimum Gasteiger partial charge on any atom is -0.508 e. The van der Waals surface area contributed by atoms with Gasteiger partial charge in [0, 0.05) is 33.7 Å². The van der Waals surface area contributed by atoms with Gasteiger partial charge in [-0.15, -0.1) is 0 Å². The topological polar surface area (TPSA) is 101 Å². The van der Waals surface area contributed by atoms with E-state index in [2.05, 4.69) is 0 Å². The monoisotopic (exact) mass is 346 g/mol. The van der Waals surface area contributed by atoms with E-state index in [1.54, 1.807) is 18.2 Å². The van der Waals surface area contributed by atoms with Gasteiger partial charge in [0.2, 0.25) is 0 Å². The Labute approximate surface area is 144 Å². The summed E-state index contributed by atoms with van der Waals surface area (Å²) in [4.78, 5) is 23.9. The molecule has 0 unspecified atom stereocenters. The summed E-state index contributed by atoms with van der Waals surface area (Å²) in [5, 5.41) is 23.0. The van der Waals surface area contributed by atoms with E-state index >= 15 is 0 Å². The maximum absolute atomic E-state index is 12.4. The molecule has 0 bridgehead atoms. The van der Waals surface area contributed by atoms with Crippen LogP contribution in [0, 0.1) is 0 Å². The van der Waals surface area contributed by atoms with E-state index in [-0.39, 0.29) is 28.1 Å². The maximum Gasteiger partial charge on any atom is 0.344 e. The van der Waals surface area contributed by atoms with Crippen LogP contribution in [-0.4, -0.2) is 10.2 Å². The van der Waals surface area contributed by atoms with E-state index in [0.29, 0.717) is 32.5 Å². The molecule has 2 aromatic heterocycles. The minimum atomic E-state index is -0.606. The molecule has 2 heterocycles. The summed E-state index contributed by atoms with van der Waals surface area (Å²) in [7, 11) is 0. The summed E-state index contributed by atoms with van der Waals surface area (Å²) in [6.45, 7) is 0. The van der Waals surface area contributed by atoms with Crippen molar-refractivity contribution < 1.29 is 19.0 Å². The summed E-state index contributed by atoms with van der Waals surface area (Å²) in [5.41, 5.74) is -0.340. The van der Waals surface area contributed by atoms with Gasteiger partial charge in [0.15, 0.2) is 5.43 Å². The fraction of sp³-hybridized carbons (Fsp3) is 0. The first-order chi connectivity index (χ1) is 12.5. The van der Waals surface area contributed by atoms with Gasteiger partial charge in [0.05, 0.1) is 10.8 Å². The summed E-state index contributed by atoms with van der Waals surface area (Å²) >= 11 is 0. The van der Waals surface area contributed by atoms with Crippen molar-refractivity contribution in [3.8, 4) is 11.7 Å². The van der Waals surface area contributed by atoms with Crippen molar-refractivity contribution in [3.05, 3.63) is 69.2 Å². The fourth-order valence-corrected chi connectivity index (χ4v) is 3.33. The maximum atomic E-state index is 12.4. The molecule has 0 aliphatic heterocycles. The van der Waals surface area contributed by atoms with E-state index in [1.807, 2.05) is 0 Å². The van der Waals surface area contributed by atoms with E-state index in [4.69, 9.17) is 8.83 Å². The Morgan fingerprint density at radius 2 is 1.27 bits per heavy atom. The SMILES string of the molecule is O=c1ccc2c(c1)oc(=O)c1cc3c(O)oc4cc(O)ccc4c3cc12. The van der Waals surface area contributed by atoms with Crippen LogP contribution in [0.25, 0.3) is 43.5 Å². The highest BCUT2D eigenvalue weighted by Gasteiger charge is 2.15. The Kier molecular flexibility index (Phi) is 2.72. The van der Waals surface area contributed by atoms with E-state index in [9.17, 15) is 19.8 Å². The fourth-order valence-electron chi connectivity index (χ4n) is 3.33. The molecule has 6 nitrogen and oxygen atoms in total. The highest BCUT2D eigenvalue weighted by atomic mass is 16.5. The number of hydrogen-bond donors (Lipinski definition) is 2. The molecule has 5 aromatic rings. The zero-order chi connectivity index (χ0) is 18.0. The Morgan fingerprint density at radius 3 is 2.08 bits per heavy atom. The molecule has 0 aliphatic carbocycles. The number of benzene rings is 3. The van der Waals surface area contributed by atoms with Crippen LogP contribution < -0.4 is 11.1 Å². The van der Waals surface area contributed by atoms with Gasteiger partial charge in [-0.3, -0.25) is 4.79 Å². The van der Waals surface area contributed by atoms with Crippen LogP contribution in [0.3, 0.4) is 0 Å². The van der Waals surface area contributed by atoms with Gasteiger partial charge in [0.25, 0.3) is 5.95 Å². The number of phenols is 1. The summed E-state index contributed by atoms with van der Waals surface area (Å²) in [6, 6.07) is 12.1. The first-order valence-corrected chi connectivity index (χ1v) is 7.80. The average Bonchev–Trinajstić information content (AvgIpc) is 2.60. The van der Waals surface area contributed by atoms with Gasteiger partial charge in [-0.2, -0.15) is 0 Å². The Hall–Kier alpha value is -3.80. The van der Waals surface area contributed by atoms with Crippen LogP contribution >= 0.6 is 0 Å². The Bertz CT molecular complexity index is 1490. The lowest BCUT2D eigenvalue weighted by molar-refractivity contribution is 0.347. The third-order valence-corrected chi connectivity index (χ3v) is 4.52. The first kappa shape index (κ1) is 14.5. The normalized spacial score (nSPS) is 11.7. The molecule has 0 atom stereocenters. The lowest BCUT2D eigenvalue weighted by atomic mass is 10.0. The number of aromatic hydroxyl groups is 2. The number of phenolic OH excluding ortho intramolecular Hbond substituents is 1. The molecule has 0 fully saturated rings. The molecule has 0 saturated heterocycles. The molecule has 0 aliphatic rings. The molecule has 2 N–H and O–H groups in total. The predicted octanol–water partition coefficient (Wildman–Crippen LogP) is 3.62. The lowest BCUT2D eigenvalue weighted by Crippen LogP contribution is -2.03. The molecule has 0 amide bonds. The molecule has 126 valence electrons. The summed E-state index contributed by atoms with van der Waals surface area (Å²) in [6.07, 6.45) is 0. The first-order valence-electron chi connectivity index (χ1n) is 7.80. The molecule has 0 radical (unpaired) electrons. The highest BCUT2D eigenvalue weighted by molar-refractivity contribution is 6.16. The molecule has 5 rings (SSSR count). The van der Waals surface area contributed by atoms with Gasteiger partial charge in [-0.25, -0.2) is 4.79 Å². The van der Waals surface area contributed by atoms with Crippen LogP contribution in [0.5, 0.6) is 11.7 Å². The van der Waals surface area contributed by atoms with Crippen molar-refractivity contribution >= 4 is 43.5 Å².